The van der Waals surface area contributed by atoms with Crippen LogP contribution in [0, 0.1) is 27.7 Å². The van der Waals surface area contributed by atoms with Gasteiger partial charge in [0, 0.05) is 9.75 Å². The maximum absolute atomic E-state index is 12.1. The summed E-state index contributed by atoms with van der Waals surface area (Å²) in [6.07, 6.45) is 0. The van der Waals surface area contributed by atoms with E-state index in [0.29, 0.717) is 0 Å². The van der Waals surface area contributed by atoms with Gasteiger partial charge in [-0.05, 0) is 67.6 Å². The van der Waals surface area contributed by atoms with E-state index in [1.54, 1.807) is 29.6 Å². The van der Waals surface area contributed by atoms with E-state index in [9.17, 15) is 4.79 Å². The maximum Gasteiger partial charge on any atom is 0.143 e. The van der Waals surface area contributed by atoms with Crippen LogP contribution in [-0.2, 0) is 4.79 Å². The Labute approximate surface area is 116 Å². The van der Waals surface area contributed by atoms with Crippen molar-refractivity contribution >= 4 is 28.5 Å². The molecule has 1 nitrogen and oxygen atoms in total. The molecule has 2 rings (SSSR count). The van der Waals surface area contributed by atoms with Gasteiger partial charge in [0.05, 0.1) is 5.92 Å². The Balaban J connectivity index is 2.57. The Morgan fingerprint density at radius 3 is 1.56 bits per heavy atom. The third-order valence-corrected chi connectivity index (χ3v) is 6.11. The smallest absolute Gasteiger partial charge is 0.143 e. The van der Waals surface area contributed by atoms with Crippen molar-refractivity contribution in [2.75, 3.05) is 0 Å². The summed E-state index contributed by atoms with van der Waals surface area (Å²) in [5.41, 5.74) is 5.11. The fraction of sp³-hybridized carbons (Fsp3) is 0.400. The predicted octanol–water partition coefficient (Wildman–Crippen LogP) is 4.76. The summed E-state index contributed by atoms with van der Waals surface area (Å²) in [6.45, 7) is 10.2. The first-order valence-electron chi connectivity index (χ1n) is 6.03. The molecule has 0 atom stereocenters. The Kier molecular flexibility index (Phi) is 3.74. The Morgan fingerprint density at radius 1 is 0.944 bits per heavy atom. The number of rotatable bonds is 3. The van der Waals surface area contributed by atoms with Gasteiger partial charge in [0.25, 0.3) is 0 Å². The molecule has 0 unspecified atom stereocenters. The van der Waals surface area contributed by atoms with Crippen LogP contribution >= 0.6 is 22.7 Å². The minimum Gasteiger partial charge on any atom is -0.299 e. The second-order valence-corrected chi connectivity index (χ2v) is 6.68. The van der Waals surface area contributed by atoms with E-state index in [2.05, 4.69) is 38.5 Å². The molecule has 0 radical (unpaired) electrons. The zero-order valence-electron chi connectivity index (χ0n) is 11.5. The lowest BCUT2D eigenvalue weighted by atomic mass is 9.94. The largest absolute Gasteiger partial charge is 0.299 e. The number of aryl methyl sites for hydroxylation is 2. The molecule has 2 aromatic rings. The van der Waals surface area contributed by atoms with E-state index in [4.69, 9.17) is 0 Å². The number of hydrogen-bond donors (Lipinski definition) is 0. The summed E-state index contributed by atoms with van der Waals surface area (Å²) in [5, 5.41) is 4.30. The molecule has 0 aliphatic carbocycles. The molecule has 3 heteroatoms. The van der Waals surface area contributed by atoms with Gasteiger partial charge in [-0.1, -0.05) is 0 Å². The molecule has 0 N–H and O–H groups in total. The highest BCUT2D eigenvalue weighted by Gasteiger charge is 2.26. The first kappa shape index (κ1) is 13.5. The normalized spacial score (nSPS) is 11.2. The van der Waals surface area contributed by atoms with Crippen molar-refractivity contribution in [2.24, 2.45) is 0 Å². The van der Waals surface area contributed by atoms with Gasteiger partial charge in [0.1, 0.15) is 5.78 Å². The van der Waals surface area contributed by atoms with Crippen LogP contribution < -0.4 is 0 Å². The van der Waals surface area contributed by atoms with Gasteiger partial charge in [0.2, 0.25) is 0 Å². The molecular formula is C15H18OS2. The van der Waals surface area contributed by atoms with Crippen LogP contribution in [0.1, 0.15) is 44.8 Å². The summed E-state index contributed by atoms with van der Waals surface area (Å²) in [5.74, 6) is 0.173. The van der Waals surface area contributed by atoms with Gasteiger partial charge >= 0.3 is 0 Å². The van der Waals surface area contributed by atoms with Crippen molar-refractivity contribution in [3.05, 3.63) is 42.8 Å². The second-order valence-electron chi connectivity index (χ2n) is 4.86. The van der Waals surface area contributed by atoms with Crippen LogP contribution in [0.15, 0.2) is 10.8 Å². The van der Waals surface area contributed by atoms with Crippen LogP contribution in [-0.4, -0.2) is 5.78 Å². The summed E-state index contributed by atoms with van der Waals surface area (Å²) in [7, 11) is 0. The van der Waals surface area contributed by atoms with Crippen molar-refractivity contribution < 1.29 is 4.79 Å². The van der Waals surface area contributed by atoms with Gasteiger partial charge in [0.15, 0.2) is 0 Å². The SMILES string of the molecule is CC(=O)C(c1scc(C)c1C)c1scc(C)c1C. The van der Waals surface area contributed by atoms with Crippen molar-refractivity contribution in [3.63, 3.8) is 0 Å². The highest BCUT2D eigenvalue weighted by Crippen LogP contribution is 2.39. The summed E-state index contributed by atoms with van der Waals surface area (Å²) >= 11 is 3.42. The van der Waals surface area contributed by atoms with Crippen LogP contribution in [0.25, 0.3) is 0 Å². The summed E-state index contributed by atoms with van der Waals surface area (Å²) < 4.78 is 0. The fourth-order valence-electron chi connectivity index (χ4n) is 2.10. The predicted molar refractivity (Wildman–Crippen MR) is 80.1 cm³/mol. The molecule has 0 fully saturated rings. The van der Waals surface area contributed by atoms with Gasteiger partial charge in [-0.3, -0.25) is 4.79 Å². The molecule has 0 saturated heterocycles. The zero-order valence-corrected chi connectivity index (χ0v) is 13.1. The Bertz CT molecular complexity index is 543. The van der Waals surface area contributed by atoms with E-state index in [-0.39, 0.29) is 11.7 Å². The number of carbonyl (C=O) groups is 1. The Hall–Kier alpha value is -0.930. The first-order valence-corrected chi connectivity index (χ1v) is 7.79. The molecule has 0 bridgehead atoms. The van der Waals surface area contributed by atoms with E-state index < -0.39 is 0 Å². The van der Waals surface area contributed by atoms with E-state index in [1.165, 1.54) is 32.0 Å². The molecule has 0 aliphatic rings. The van der Waals surface area contributed by atoms with Crippen molar-refractivity contribution in [1.82, 2.24) is 0 Å². The summed E-state index contributed by atoms with van der Waals surface area (Å²) in [4.78, 5) is 14.5. The Morgan fingerprint density at radius 2 is 1.33 bits per heavy atom. The van der Waals surface area contributed by atoms with E-state index in [0.717, 1.165) is 0 Å². The molecule has 0 amide bonds. The van der Waals surface area contributed by atoms with Gasteiger partial charge in [-0.15, -0.1) is 22.7 Å². The van der Waals surface area contributed by atoms with Crippen LogP contribution in [0.2, 0.25) is 0 Å². The first-order chi connectivity index (χ1) is 8.43. The van der Waals surface area contributed by atoms with Crippen LogP contribution in [0.4, 0.5) is 0 Å². The van der Waals surface area contributed by atoms with Crippen LogP contribution in [0.3, 0.4) is 0 Å². The molecular weight excluding hydrogens is 260 g/mol. The number of hydrogen-bond acceptors (Lipinski definition) is 3. The van der Waals surface area contributed by atoms with Crippen molar-refractivity contribution in [3.8, 4) is 0 Å². The number of ketones is 1. The highest BCUT2D eigenvalue weighted by molar-refractivity contribution is 7.12. The maximum atomic E-state index is 12.1. The topological polar surface area (TPSA) is 17.1 Å². The molecule has 0 saturated carbocycles. The average Bonchev–Trinajstić information content (AvgIpc) is 2.79. The fourth-order valence-corrected chi connectivity index (χ4v) is 4.65. The average molecular weight is 278 g/mol. The molecule has 0 spiro atoms. The molecule has 2 heterocycles. The lowest BCUT2D eigenvalue weighted by Crippen LogP contribution is -2.10. The highest BCUT2D eigenvalue weighted by atomic mass is 32.1. The molecule has 18 heavy (non-hydrogen) atoms. The number of carbonyl (C=O) groups excluding carboxylic acids is 1. The zero-order chi connectivity index (χ0) is 13.4. The minimum absolute atomic E-state index is 0.0672. The third kappa shape index (κ3) is 2.17. The number of Topliss-reactive ketones (excluding diaryl/α,β-unsaturated/α-hetero) is 1. The van der Waals surface area contributed by atoms with Crippen LogP contribution in [0.5, 0.6) is 0 Å². The van der Waals surface area contributed by atoms with Crippen molar-refractivity contribution in [2.45, 2.75) is 40.5 Å². The standard InChI is InChI=1S/C15H18OS2/c1-8-6-17-14(10(8)3)13(12(5)16)15-11(4)9(2)7-18-15/h6-7,13H,1-5H3. The van der Waals surface area contributed by atoms with E-state index >= 15 is 0 Å². The van der Waals surface area contributed by atoms with Gasteiger partial charge in [-0.25, -0.2) is 0 Å². The van der Waals surface area contributed by atoms with Gasteiger partial charge in [-0.2, -0.15) is 0 Å². The monoisotopic (exact) mass is 278 g/mol. The second kappa shape index (κ2) is 4.98. The summed E-state index contributed by atoms with van der Waals surface area (Å²) in [6, 6.07) is 0. The minimum atomic E-state index is -0.0672. The van der Waals surface area contributed by atoms with Crippen molar-refractivity contribution in [1.29, 1.82) is 0 Å². The quantitative estimate of drug-likeness (QED) is 0.791. The van der Waals surface area contributed by atoms with E-state index in [1.807, 2.05) is 0 Å². The lowest BCUT2D eigenvalue weighted by Gasteiger charge is -2.13. The molecule has 96 valence electrons. The van der Waals surface area contributed by atoms with Gasteiger partial charge < -0.3 is 0 Å². The third-order valence-electron chi connectivity index (χ3n) is 3.58. The number of thiophene rings is 2. The lowest BCUT2D eigenvalue weighted by molar-refractivity contribution is -0.117. The molecule has 0 aromatic carbocycles. The molecule has 0 aliphatic heterocycles. The molecule has 2 aromatic heterocycles.